The molecule has 2 aromatic carbocycles. The van der Waals surface area contributed by atoms with Crippen LogP contribution in [0, 0.1) is 5.92 Å². The molecule has 2 N–H and O–H groups in total. The molecule has 0 fully saturated rings. The fourth-order valence-corrected chi connectivity index (χ4v) is 4.45. The molecule has 0 bridgehead atoms. The van der Waals surface area contributed by atoms with E-state index in [1.807, 2.05) is 12.1 Å². The molecule has 4 rings (SSSR count). The number of hydrogen-bond acceptors (Lipinski definition) is 3. The first-order chi connectivity index (χ1) is 13.6. The predicted octanol–water partition coefficient (Wildman–Crippen LogP) is 4.72. The summed E-state index contributed by atoms with van der Waals surface area (Å²) < 4.78 is 0. The van der Waals surface area contributed by atoms with Crippen molar-refractivity contribution in [2.45, 2.75) is 31.7 Å². The number of anilines is 2. The Bertz CT molecular complexity index is 885. The van der Waals surface area contributed by atoms with Gasteiger partial charge in [0.2, 0.25) is 0 Å². The van der Waals surface area contributed by atoms with Crippen LogP contribution in [0.15, 0.2) is 54.6 Å². The summed E-state index contributed by atoms with van der Waals surface area (Å²) >= 11 is 0. The summed E-state index contributed by atoms with van der Waals surface area (Å²) in [7, 11) is 4.12. The third-order valence-corrected chi connectivity index (χ3v) is 5.95. The molecule has 28 heavy (non-hydrogen) atoms. The Morgan fingerprint density at radius 2 is 1.96 bits per heavy atom. The molecule has 4 heteroatoms. The van der Waals surface area contributed by atoms with E-state index < -0.39 is 0 Å². The second-order valence-electron chi connectivity index (χ2n) is 7.99. The van der Waals surface area contributed by atoms with Crippen LogP contribution >= 0.6 is 0 Å². The van der Waals surface area contributed by atoms with Gasteiger partial charge in [0, 0.05) is 32.2 Å². The highest BCUT2D eigenvalue weighted by atomic mass is 16.1. The minimum Gasteiger partial charge on any atom is -0.378 e. The number of benzene rings is 2. The molecule has 0 radical (unpaired) electrons. The van der Waals surface area contributed by atoms with Crippen LogP contribution in [-0.4, -0.2) is 26.5 Å². The van der Waals surface area contributed by atoms with Gasteiger partial charge < -0.3 is 15.5 Å². The van der Waals surface area contributed by atoms with E-state index in [0.717, 1.165) is 24.1 Å². The normalized spacial score (nSPS) is 22.2. The van der Waals surface area contributed by atoms with Crippen LogP contribution < -0.4 is 15.5 Å². The van der Waals surface area contributed by atoms with Crippen molar-refractivity contribution in [2.75, 3.05) is 30.9 Å². The van der Waals surface area contributed by atoms with Crippen LogP contribution in [0.25, 0.3) is 0 Å². The monoisotopic (exact) mass is 375 g/mol. The molecule has 2 aliphatic rings. The van der Waals surface area contributed by atoms with Gasteiger partial charge in [-0.05, 0) is 48.1 Å². The number of carbonyl (C=O) groups is 1. The molecule has 3 unspecified atom stereocenters. The van der Waals surface area contributed by atoms with Crippen LogP contribution in [0.1, 0.15) is 53.2 Å². The van der Waals surface area contributed by atoms with Crippen LogP contribution in [0.5, 0.6) is 0 Å². The molecular weight excluding hydrogens is 346 g/mol. The Kier molecular flexibility index (Phi) is 5.12. The van der Waals surface area contributed by atoms with Gasteiger partial charge in [-0.1, -0.05) is 43.3 Å². The Morgan fingerprint density at radius 1 is 1.18 bits per heavy atom. The Labute approximate surface area is 167 Å². The van der Waals surface area contributed by atoms with Crippen LogP contribution in [0.2, 0.25) is 0 Å². The molecule has 0 saturated heterocycles. The molecule has 0 spiro atoms. The second kappa shape index (κ2) is 7.70. The van der Waals surface area contributed by atoms with Gasteiger partial charge in [0.05, 0.1) is 17.3 Å². The molecule has 4 nitrogen and oxygen atoms in total. The molecule has 1 aliphatic carbocycles. The van der Waals surface area contributed by atoms with E-state index in [4.69, 9.17) is 0 Å². The lowest BCUT2D eigenvalue weighted by atomic mass is 9.76. The van der Waals surface area contributed by atoms with Gasteiger partial charge in [-0.25, -0.2) is 0 Å². The molecule has 146 valence electrons. The summed E-state index contributed by atoms with van der Waals surface area (Å²) in [6, 6.07) is 15.1. The van der Waals surface area contributed by atoms with Gasteiger partial charge in [0.15, 0.2) is 0 Å². The van der Waals surface area contributed by atoms with Gasteiger partial charge in [-0.2, -0.15) is 0 Å². The van der Waals surface area contributed by atoms with Gasteiger partial charge in [-0.3, -0.25) is 4.79 Å². The number of hydrogen-bond donors (Lipinski definition) is 2. The van der Waals surface area contributed by atoms with Gasteiger partial charge in [0.1, 0.15) is 0 Å². The topological polar surface area (TPSA) is 44.4 Å². The second-order valence-corrected chi connectivity index (χ2v) is 7.99. The molecular formula is C24H29N3O. The third-order valence-electron chi connectivity index (χ3n) is 5.95. The van der Waals surface area contributed by atoms with E-state index in [1.165, 1.54) is 16.8 Å². The lowest BCUT2D eigenvalue weighted by molar-refractivity contribution is 0.0954. The maximum atomic E-state index is 12.8. The highest BCUT2D eigenvalue weighted by molar-refractivity contribution is 6.00. The van der Waals surface area contributed by atoms with E-state index >= 15 is 0 Å². The van der Waals surface area contributed by atoms with Crippen LogP contribution in [-0.2, 0) is 0 Å². The van der Waals surface area contributed by atoms with E-state index in [9.17, 15) is 4.79 Å². The average Bonchev–Trinajstić information content (AvgIpc) is 3.21. The molecule has 1 aliphatic heterocycles. The first-order valence-electron chi connectivity index (χ1n) is 10.2. The quantitative estimate of drug-likeness (QED) is 0.743. The molecule has 1 amide bonds. The van der Waals surface area contributed by atoms with E-state index in [1.54, 1.807) is 0 Å². The smallest absolute Gasteiger partial charge is 0.253 e. The number of rotatable bonds is 5. The van der Waals surface area contributed by atoms with Crippen molar-refractivity contribution < 1.29 is 4.79 Å². The van der Waals surface area contributed by atoms with Crippen LogP contribution in [0.3, 0.4) is 0 Å². The highest BCUT2D eigenvalue weighted by Gasteiger charge is 2.39. The summed E-state index contributed by atoms with van der Waals surface area (Å²) in [5.41, 5.74) is 5.45. The minimum atomic E-state index is 0.00772. The maximum Gasteiger partial charge on any atom is 0.253 e. The van der Waals surface area contributed by atoms with Gasteiger partial charge in [-0.15, -0.1) is 0 Å². The van der Waals surface area contributed by atoms with Crippen molar-refractivity contribution in [3.63, 3.8) is 0 Å². The number of para-hydroxylation sites is 1. The highest BCUT2D eigenvalue weighted by Crippen LogP contribution is 2.50. The summed E-state index contributed by atoms with van der Waals surface area (Å²) in [4.78, 5) is 14.9. The molecule has 0 saturated carbocycles. The van der Waals surface area contributed by atoms with E-state index in [-0.39, 0.29) is 11.9 Å². The third kappa shape index (κ3) is 3.28. The van der Waals surface area contributed by atoms with E-state index in [2.05, 4.69) is 79.0 Å². The number of nitrogens with zero attached hydrogens (tertiary/aromatic N) is 1. The minimum absolute atomic E-state index is 0.00772. The number of carbonyl (C=O) groups excluding carboxylic acids is 1. The summed E-state index contributed by atoms with van der Waals surface area (Å²) in [6.07, 6.45) is 6.60. The predicted molar refractivity (Wildman–Crippen MR) is 116 cm³/mol. The number of nitrogens with one attached hydrogen (secondary N) is 2. The Hall–Kier alpha value is -2.75. The first kappa shape index (κ1) is 18.6. The SMILES string of the molecule is CCCNC(=O)c1cccc2c1NC(c1ccc(N(C)C)cc1)C1CC=CC21. The van der Waals surface area contributed by atoms with Crippen molar-refractivity contribution in [1.29, 1.82) is 0 Å². The van der Waals surface area contributed by atoms with Crippen molar-refractivity contribution in [3.05, 3.63) is 71.3 Å². The fourth-order valence-electron chi connectivity index (χ4n) is 4.45. The van der Waals surface area contributed by atoms with Crippen molar-refractivity contribution in [3.8, 4) is 0 Å². The lowest BCUT2D eigenvalue weighted by Crippen LogP contribution is -2.32. The van der Waals surface area contributed by atoms with Gasteiger partial charge >= 0.3 is 0 Å². The van der Waals surface area contributed by atoms with Crippen molar-refractivity contribution >= 4 is 17.3 Å². The number of allylic oxidation sites excluding steroid dienone is 2. The Morgan fingerprint density at radius 3 is 2.68 bits per heavy atom. The largest absolute Gasteiger partial charge is 0.378 e. The average molecular weight is 376 g/mol. The zero-order chi connectivity index (χ0) is 19.7. The van der Waals surface area contributed by atoms with Crippen molar-refractivity contribution in [1.82, 2.24) is 5.32 Å². The molecule has 3 atom stereocenters. The number of amides is 1. The van der Waals surface area contributed by atoms with E-state index in [0.29, 0.717) is 18.4 Å². The lowest BCUT2D eigenvalue weighted by Gasteiger charge is -2.38. The zero-order valence-electron chi connectivity index (χ0n) is 16.9. The molecule has 2 aromatic rings. The Balaban J connectivity index is 1.71. The summed E-state index contributed by atoms with van der Waals surface area (Å²) in [5, 5.41) is 6.78. The maximum absolute atomic E-state index is 12.8. The van der Waals surface area contributed by atoms with Crippen LogP contribution in [0.4, 0.5) is 11.4 Å². The fraction of sp³-hybridized carbons (Fsp3) is 0.375. The van der Waals surface area contributed by atoms with Gasteiger partial charge in [0.25, 0.3) is 5.91 Å². The summed E-state index contributed by atoms with van der Waals surface area (Å²) in [5.74, 6) is 0.841. The molecule has 1 heterocycles. The van der Waals surface area contributed by atoms with Crippen molar-refractivity contribution in [2.24, 2.45) is 5.92 Å². The first-order valence-corrected chi connectivity index (χ1v) is 10.2. The summed E-state index contributed by atoms with van der Waals surface area (Å²) in [6.45, 7) is 2.77. The standard InChI is InChI=1S/C24H29N3O/c1-4-15-25-24(28)21-10-6-9-20-18-7-5-8-19(18)22(26-23(20)21)16-11-13-17(14-12-16)27(2)3/h5-7,9-14,18-19,22,26H,4,8,15H2,1-3H3,(H,25,28). The number of fused-ring (bicyclic) bond motifs is 3. The molecule has 0 aromatic heterocycles. The zero-order valence-corrected chi connectivity index (χ0v) is 16.9.